The molecule has 7 heteroatoms. The van der Waals surface area contributed by atoms with Crippen LogP contribution in [0.1, 0.15) is 30.1 Å². The Kier molecular flexibility index (Phi) is 5.36. The molecule has 0 bridgehead atoms. The van der Waals surface area contributed by atoms with E-state index in [0.29, 0.717) is 5.69 Å². The van der Waals surface area contributed by atoms with E-state index >= 15 is 0 Å². The molecule has 0 fully saturated rings. The van der Waals surface area contributed by atoms with E-state index in [2.05, 4.69) is 15.4 Å². The van der Waals surface area contributed by atoms with Crippen LogP contribution < -0.4 is 15.4 Å². The molecule has 1 amide bonds. The smallest absolute Gasteiger partial charge is 0.241 e. The number of sulfonamides is 1. The summed E-state index contributed by atoms with van der Waals surface area (Å²) in [5.74, 6) is -0.135. The summed E-state index contributed by atoms with van der Waals surface area (Å²) < 4.78 is 29.4. The molecule has 0 saturated carbocycles. The van der Waals surface area contributed by atoms with Gasteiger partial charge in [-0.1, -0.05) is 54.6 Å². The van der Waals surface area contributed by atoms with Gasteiger partial charge >= 0.3 is 0 Å². The van der Waals surface area contributed by atoms with Crippen LogP contribution in [0.2, 0.25) is 0 Å². The molecule has 0 radical (unpaired) electrons. The summed E-state index contributed by atoms with van der Waals surface area (Å²) in [6, 6.07) is 27.0. The van der Waals surface area contributed by atoms with Crippen LogP contribution in [-0.2, 0) is 14.8 Å². The second-order valence-electron chi connectivity index (χ2n) is 8.09. The first-order chi connectivity index (χ1) is 15.9. The molecule has 166 valence electrons. The summed E-state index contributed by atoms with van der Waals surface area (Å²) in [6.45, 7) is 1.46. The molecule has 0 aliphatic heterocycles. The van der Waals surface area contributed by atoms with E-state index < -0.39 is 16.1 Å². The Morgan fingerprint density at radius 2 is 1.33 bits per heavy atom. The topological polar surface area (TPSA) is 87.3 Å². The van der Waals surface area contributed by atoms with E-state index in [4.69, 9.17) is 0 Å². The molecule has 3 N–H and O–H groups in total. The molecule has 4 aromatic carbocycles. The molecule has 1 aliphatic rings. The molecule has 0 spiro atoms. The van der Waals surface area contributed by atoms with Gasteiger partial charge in [0.15, 0.2) is 0 Å². The molecule has 33 heavy (non-hydrogen) atoms. The molecule has 5 rings (SSSR count). The Labute approximate surface area is 192 Å². The first kappa shape index (κ1) is 21.2. The number of hydrogen-bond acceptors (Lipinski definition) is 4. The summed E-state index contributed by atoms with van der Waals surface area (Å²) in [5.41, 5.74) is 3.50. The number of amides is 1. The third kappa shape index (κ3) is 4.08. The highest BCUT2D eigenvalue weighted by Crippen LogP contribution is 2.46. The number of anilines is 2. The van der Waals surface area contributed by atoms with Crippen LogP contribution in [-0.4, -0.2) is 14.3 Å². The first-order valence-electron chi connectivity index (χ1n) is 10.7. The van der Waals surface area contributed by atoms with Gasteiger partial charge in [-0.15, -0.1) is 0 Å². The van der Waals surface area contributed by atoms with E-state index in [1.165, 1.54) is 6.92 Å². The first-order valence-corrected chi connectivity index (χ1v) is 12.1. The van der Waals surface area contributed by atoms with Crippen LogP contribution in [0.4, 0.5) is 11.4 Å². The van der Waals surface area contributed by atoms with Crippen molar-refractivity contribution in [1.82, 2.24) is 4.72 Å². The normalized spacial score (nSPS) is 17.1. The fourth-order valence-corrected chi connectivity index (χ4v) is 5.69. The maximum atomic E-state index is 13.2. The predicted octanol–water partition coefficient (Wildman–Crippen LogP) is 4.98. The third-order valence-electron chi connectivity index (χ3n) is 5.84. The zero-order valence-corrected chi connectivity index (χ0v) is 18.8. The molecule has 0 heterocycles. The van der Waals surface area contributed by atoms with Gasteiger partial charge < -0.3 is 10.6 Å². The van der Waals surface area contributed by atoms with Crippen LogP contribution in [0.5, 0.6) is 0 Å². The fraction of sp³-hybridized carbons (Fsp3) is 0.115. The molecule has 2 atom stereocenters. The van der Waals surface area contributed by atoms with E-state index in [1.807, 2.05) is 60.7 Å². The molecule has 0 aromatic heterocycles. The van der Waals surface area contributed by atoms with Crippen LogP contribution in [0.25, 0.3) is 10.8 Å². The zero-order valence-electron chi connectivity index (χ0n) is 17.9. The van der Waals surface area contributed by atoms with Gasteiger partial charge in [-0.25, -0.2) is 13.1 Å². The zero-order chi connectivity index (χ0) is 23.0. The van der Waals surface area contributed by atoms with Gasteiger partial charge in [0.25, 0.3) is 0 Å². The Hall–Kier alpha value is -3.68. The average molecular weight is 458 g/mol. The lowest BCUT2D eigenvalue weighted by molar-refractivity contribution is -0.114. The highest BCUT2D eigenvalue weighted by molar-refractivity contribution is 7.89. The van der Waals surface area contributed by atoms with Crippen molar-refractivity contribution in [1.29, 1.82) is 0 Å². The fourth-order valence-electron chi connectivity index (χ4n) is 4.44. The van der Waals surface area contributed by atoms with Crippen molar-refractivity contribution < 1.29 is 13.2 Å². The summed E-state index contributed by atoms with van der Waals surface area (Å²) in [6.07, 6.45) is 0. The number of hydrogen-bond donors (Lipinski definition) is 3. The molecular formula is C26H23N3O3S. The van der Waals surface area contributed by atoms with Crippen molar-refractivity contribution in [3.05, 3.63) is 102 Å². The van der Waals surface area contributed by atoms with Crippen LogP contribution in [0.15, 0.2) is 95.9 Å². The number of benzene rings is 4. The van der Waals surface area contributed by atoms with Gasteiger partial charge in [0.1, 0.15) is 0 Å². The largest absolute Gasteiger partial charge is 0.376 e. The molecule has 1 aliphatic carbocycles. The van der Waals surface area contributed by atoms with Gasteiger partial charge in [0, 0.05) is 18.3 Å². The minimum absolute atomic E-state index is 0.135. The molecule has 6 nitrogen and oxygen atoms in total. The van der Waals surface area contributed by atoms with Crippen molar-refractivity contribution in [3.8, 4) is 0 Å². The Bertz CT molecular complexity index is 1430. The van der Waals surface area contributed by atoms with E-state index in [9.17, 15) is 13.2 Å². The van der Waals surface area contributed by atoms with Crippen LogP contribution in [0, 0.1) is 0 Å². The highest BCUT2D eigenvalue weighted by Gasteiger charge is 2.37. The SMILES string of the molecule is CC(=O)Nc1ccc(NC2c3cccc4cccc(c34)C2NS(=O)(=O)c2ccccc2)cc1. The van der Waals surface area contributed by atoms with Crippen molar-refractivity contribution in [3.63, 3.8) is 0 Å². The lowest BCUT2D eigenvalue weighted by atomic mass is 10.0. The maximum Gasteiger partial charge on any atom is 0.241 e. The minimum atomic E-state index is -3.74. The number of carbonyl (C=O) groups excluding carboxylic acids is 1. The van der Waals surface area contributed by atoms with Crippen LogP contribution in [0.3, 0.4) is 0 Å². The minimum Gasteiger partial charge on any atom is -0.376 e. The summed E-state index contributed by atoms with van der Waals surface area (Å²) >= 11 is 0. The standard InChI is InChI=1S/C26H23N3O3S/c1-17(30)27-19-13-15-20(16-14-19)28-25-22-11-5-7-18-8-6-12-23(24(18)22)26(25)29-33(31,32)21-9-3-2-4-10-21/h2-16,25-26,28-29H,1H3,(H,27,30). The summed E-state index contributed by atoms with van der Waals surface area (Å²) in [5, 5.41) is 8.40. The number of carbonyl (C=O) groups is 1. The van der Waals surface area contributed by atoms with E-state index in [0.717, 1.165) is 27.6 Å². The van der Waals surface area contributed by atoms with Gasteiger partial charge in [-0.2, -0.15) is 0 Å². The van der Waals surface area contributed by atoms with E-state index in [1.54, 1.807) is 30.3 Å². The molecule has 2 unspecified atom stereocenters. The quantitative estimate of drug-likeness (QED) is 0.381. The summed E-state index contributed by atoms with van der Waals surface area (Å²) in [4.78, 5) is 11.5. The van der Waals surface area contributed by atoms with Crippen molar-refractivity contribution in [2.24, 2.45) is 0 Å². The molecular weight excluding hydrogens is 434 g/mol. The highest BCUT2D eigenvalue weighted by atomic mass is 32.2. The van der Waals surface area contributed by atoms with Crippen molar-refractivity contribution in [2.75, 3.05) is 10.6 Å². The van der Waals surface area contributed by atoms with Gasteiger partial charge in [0.2, 0.25) is 15.9 Å². The van der Waals surface area contributed by atoms with Gasteiger partial charge in [-0.3, -0.25) is 4.79 Å². The Morgan fingerprint density at radius 3 is 1.97 bits per heavy atom. The van der Waals surface area contributed by atoms with Crippen molar-refractivity contribution in [2.45, 2.75) is 23.9 Å². The molecule has 4 aromatic rings. The van der Waals surface area contributed by atoms with Crippen LogP contribution >= 0.6 is 0 Å². The lowest BCUT2D eigenvalue weighted by Crippen LogP contribution is -2.33. The summed E-state index contributed by atoms with van der Waals surface area (Å²) in [7, 11) is -3.74. The molecule has 0 saturated heterocycles. The maximum absolute atomic E-state index is 13.2. The average Bonchev–Trinajstić information content (AvgIpc) is 3.09. The number of rotatable bonds is 6. The van der Waals surface area contributed by atoms with Crippen molar-refractivity contribution >= 4 is 38.1 Å². The second-order valence-corrected chi connectivity index (χ2v) is 9.80. The van der Waals surface area contributed by atoms with Gasteiger partial charge in [-0.05, 0) is 58.3 Å². The van der Waals surface area contributed by atoms with E-state index in [-0.39, 0.29) is 16.8 Å². The predicted molar refractivity (Wildman–Crippen MR) is 131 cm³/mol. The third-order valence-corrected chi connectivity index (χ3v) is 7.29. The Balaban J connectivity index is 1.53. The lowest BCUT2D eigenvalue weighted by Gasteiger charge is -2.25. The van der Waals surface area contributed by atoms with Gasteiger partial charge in [0.05, 0.1) is 17.0 Å². The number of nitrogens with one attached hydrogen (secondary N) is 3. The monoisotopic (exact) mass is 457 g/mol. The second kappa shape index (κ2) is 8.35. The Morgan fingerprint density at radius 1 is 0.727 bits per heavy atom.